The van der Waals surface area contributed by atoms with Crippen LogP contribution in [0.1, 0.15) is 18.5 Å². The topological polar surface area (TPSA) is 93.0 Å². The quantitative estimate of drug-likeness (QED) is 0.856. The predicted molar refractivity (Wildman–Crippen MR) is 88.3 cm³/mol. The smallest absolute Gasteiger partial charge is 0.268 e. The van der Waals surface area contributed by atoms with E-state index in [1.165, 1.54) is 4.68 Å². The fourth-order valence-electron chi connectivity index (χ4n) is 2.80. The van der Waals surface area contributed by atoms with Crippen LogP contribution in [-0.4, -0.2) is 38.7 Å². The van der Waals surface area contributed by atoms with Gasteiger partial charge in [0.05, 0.1) is 36.2 Å². The molecule has 24 heavy (non-hydrogen) atoms. The van der Waals surface area contributed by atoms with Crippen LogP contribution in [0.5, 0.6) is 0 Å². The highest BCUT2D eigenvalue weighted by Gasteiger charge is 2.26. The van der Waals surface area contributed by atoms with Crippen molar-refractivity contribution >= 4 is 11.6 Å². The minimum atomic E-state index is -0.151. The number of nitrogens with zero attached hydrogens (tertiary/aromatic N) is 5. The summed E-state index contributed by atoms with van der Waals surface area (Å²) in [4.78, 5) is 34.3. The molecule has 0 bridgehead atoms. The lowest BCUT2D eigenvalue weighted by molar-refractivity contribution is -0.125. The van der Waals surface area contributed by atoms with E-state index in [9.17, 15) is 9.59 Å². The number of hydrogen-bond acceptors (Lipinski definition) is 6. The first-order chi connectivity index (χ1) is 11.6. The molecule has 1 amide bonds. The molecule has 1 fully saturated rings. The van der Waals surface area contributed by atoms with Crippen molar-refractivity contribution in [1.29, 1.82) is 0 Å². The van der Waals surface area contributed by atoms with Crippen LogP contribution in [0.4, 0.5) is 5.69 Å². The molecule has 0 aromatic carbocycles. The summed E-state index contributed by atoms with van der Waals surface area (Å²) in [5, 5.41) is 6.96. The number of hydrogen-bond donors (Lipinski definition) is 1. The number of carbonyl (C=O) groups is 1. The highest BCUT2D eigenvalue weighted by Crippen LogP contribution is 2.21. The molecule has 2 aromatic heterocycles. The maximum atomic E-state index is 12.4. The summed E-state index contributed by atoms with van der Waals surface area (Å²) in [5.74, 6) is -0.110. The molecule has 1 saturated heterocycles. The minimum absolute atomic E-state index is 0.00199. The van der Waals surface area contributed by atoms with Crippen molar-refractivity contribution in [3.63, 3.8) is 0 Å². The summed E-state index contributed by atoms with van der Waals surface area (Å²) in [5.41, 5.74) is 1.35. The number of aryl methyl sites for hydroxylation is 1. The molecule has 0 aliphatic carbocycles. The van der Waals surface area contributed by atoms with E-state index < -0.39 is 0 Å². The monoisotopic (exact) mass is 328 g/mol. The highest BCUT2D eigenvalue weighted by atomic mass is 16.2. The van der Waals surface area contributed by atoms with E-state index in [1.807, 2.05) is 4.90 Å². The van der Waals surface area contributed by atoms with Crippen molar-refractivity contribution in [2.45, 2.75) is 19.4 Å². The summed E-state index contributed by atoms with van der Waals surface area (Å²) >= 11 is 0. The van der Waals surface area contributed by atoms with Gasteiger partial charge in [-0.2, -0.15) is 5.10 Å². The second kappa shape index (κ2) is 7.20. The van der Waals surface area contributed by atoms with E-state index in [2.05, 4.69) is 20.4 Å². The zero-order chi connectivity index (χ0) is 16.9. The molecule has 126 valence electrons. The second-order valence-electron chi connectivity index (χ2n) is 5.88. The Balaban J connectivity index is 1.61. The van der Waals surface area contributed by atoms with Gasteiger partial charge in [-0.15, -0.1) is 0 Å². The molecule has 8 nitrogen and oxygen atoms in total. The van der Waals surface area contributed by atoms with Crippen LogP contribution in [0.2, 0.25) is 0 Å². The van der Waals surface area contributed by atoms with Crippen molar-refractivity contribution in [3.8, 4) is 0 Å². The first-order valence-electron chi connectivity index (χ1n) is 7.94. The Morgan fingerprint density at radius 2 is 2.25 bits per heavy atom. The summed E-state index contributed by atoms with van der Waals surface area (Å²) in [6.45, 7) is 1.78. The summed E-state index contributed by atoms with van der Waals surface area (Å²) < 4.78 is 1.29. The number of piperidine rings is 1. The lowest BCUT2D eigenvalue weighted by Gasteiger charge is -2.33. The fourth-order valence-corrected chi connectivity index (χ4v) is 2.80. The van der Waals surface area contributed by atoms with Crippen molar-refractivity contribution in [2.24, 2.45) is 13.0 Å². The second-order valence-corrected chi connectivity index (χ2v) is 5.88. The van der Waals surface area contributed by atoms with E-state index in [0.29, 0.717) is 13.1 Å². The first-order valence-corrected chi connectivity index (χ1v) is 7.94. The Labute approximate surface area is 139 Å². The van der Waals surface area contributed by atoms with E-state index >= 15 is 0 Å². The van der Waals surface area contributed by atoms with Gasteiger partial charge in [0.2, 0.25) is 5.91 Å². The molecule has 1 N–H and O–H groups in total. The fraction of sp³-hybridized carbons (Fsp3) is 0.438. The largest absolute Gasteiger partial charge is 0.369 e. The van der Waals surface area contributed by atoms with Crippen molar-refractivity contribution in [3.05, 3.63) is 46.9 Å². The molecule has 1 unspecified atom stereocenters. The number of nitrogens with one attached hydrogen (secondary N) is 1. The zero-order valence-electron chi connectivity index (χ0n) is 13.6. The lowest BCUT2D eigenvalue weighted by Crippen LogP contribution is -2.43. The Morgan fingerprint density at radius 3 is 3.00 bits per heavy atom. The van der Waals surface area contributed by atoms with Gasteiger partial charge < -0.3 is 10.2 Å². The average molecular weight is 328 g/mol. The molecular weight excluding hydrogens is 308 g/mol. The van der Waals surface area contributed by atoms with Gasteiger partial charge in [-0.25, -0.2) is 4.68 Å². The molecular formula is C16H20N6O2. The van der Waals surface area contributed by atoms with E-state index in [-0.39, 0.29) is 17.4 Å². The van der Waals surface area contributed by atoms with E-state index in [1.54, 1.807) is 37.9 Å². The molecule has 1 atom stereocenters. The van der Waals surface area contributed by atoms with Gasteiger partial charge in [-0.1, -0.05) is 0 Å². The number of aromatic nitrogens is 4. The molecule has 1 aliphatic rings. The third-order valence-corrected chi connectivity index (χ3v) is 4.17. The van der Waals surface area contributed by atoms with Gasteiger partial charge in [0.15, 0.2) is 0 Å². The molecule has 8 heteroatoms. The Kier molecular flexibility index (Phi) is 4.83. The predicted octanol–water partition coefficient (Wildman–Crippen LogP) is 0.103. The summed E-state index contributed by atoms with van der Waals surface area (Å²) in [6, 6.07) is 1.56. The number of rotatable bonds is 4. The van der Waals surface area contributed by atoms with Crippen LogP contribution in [0.3, 0.4) is 0 Å². The normalized spacial score (nSPS) is 17.5. The Bertz CT molecular complexity index is 761. The number of anilines is 1. The number of carbonyl (C=O) groups excluding carboxylic acids is 1. The molecule has 0 spiro atoms. The van der Waals surface area contributed by atoms with Crippen LogP contribution >= 0.6 is 0 Å². The standard InChI is InChI=1S/C16H20N6O2/c1-21-15(23)7-14(10-20-21)22-6-2-3-12(11-22)16(24)19-9-13-8-17-4-5-18-13/h4-5,7-8,10,12H,2-3,6,9,11H2,1H3,(H,19,24). The molecule has 0 saturated carbocycles. The molecule has 3 rings (SSSR count). The zero-order valence-corrected chi connectivity index (χ0v) is 13.6. The number of amides is 1. The van der Waals surface area contributed by atoms with Crippen LogP contribution in [-0.2, 0) is 18.4 Å². The van der Waals surface area contributed by atoms with E-state index in [0.717, 1.165) is 30.8 Å². The third-order valence-electron chi connectivity index (χ3n) is 4.17. The molecule has 3 heterocycles. The maximum Gasteiger partial charge on any atom is 0.268 e. The van der Waals surface area contributed by atoms with Gasteiger partial charge >= 0.3 is 0 Å². The first kappa shape index (κ1) is 16.1. The van der Waals surface area contributed by atoms with Gasteiger partial charge in [0.25, 0.3) is 5.56 Å². The highest BCUT2D eigenvalue weighted by molar-refractivity contribution is 5.79. The molecule has 1 aliphatic heterocycles. The summed E-state index contributed by atoms with van der Waals surface area (Å²) in [6.07, 6.45) is 8.24. The van der Waals surface area contributed by atoms with Gasteiger partial charge in [-0.05, 0) is 12.8 Å². The Hall–Kier alpha value is -2.77. The Morgan fingerprint density at radius 1 is 1.38 bits per heavy atom. The average Bonchev–Trinajstić information content (AvgIpc) is 2.63. The summed E-state index contributed by atoms with van der Waals surface area (Å²) in [7, 11) is 1.62. The van der Waals surface area contributed by atoms with E-state index in [4.69, 9.17) is 0 Å². The van der Waals surface area contributed by atoms with Crippen LogP contribution in [0.25, 0.3) is 0 Å². The SMILES string of the molecule is Cn1ncc(N2CCCC(C(=O)NCc3cnccn3)C2)cc1=O. The van der Waals surface area contributed by atoms with Crippen LogP contribution in [0.15, 0.2) is 35.6 Å². The van der Waals surface area contributed by atoms with Crippen molar-refractivity contribution in [1.82, 2.24) is 25.1 Å². The molecule has 2 aromatic rings. The lowest BCUT2D eigenvalue weighted by atomic mass is 9.97. The van der Waals surface area contributed by atoms with Gasteiger partial charge in [-0.3, -0.25) is 19.6 Å². The van der Waals surface area contributed by atoms with Gasteiger partial charge in [0.1, 0.15) is 0 Å². The van der Waals surface area contributed by atoms with Crippen molar-refractivity contribution < 1.29 is 4.79 Å². The van der Waals surface area contributed by atoms with Crippen molar-refractivity contribution in [2.75, 3.05) is 18.0 Å². The molecule has 0 radical (unpaired) electrons. The minimum Gasteiger partial charge on any atom is -0.369 e. The van der Waals surface area contributed by atoms with Crippen LogP contribution in [0, 0.1) is 5.92 Å². The van der Waals surface area contributed by atoms with Gasteiger partial charge in [0, 0.05) is 38.6 Å². The maximum absolute atomic E-state index is 12.4. The van der Waals surface area contributed by atoms with Crippen LogP contribution < -0.4 is 15.8 Å². The third kappa shape index (κ3) is 3.76.